The summed E-state index contributed by atoms with van der Waals surface area (Å²) in [6.07, 6.45) is 2.94. The second kappa shape index (κ2) is 9.78. The number of amides is 1. The van der Waals surface area contributed by atoms with Gasteiger partial charge in [0.1, 0.15) is 0 Å². The number of nitrogens with two attached hydrogens (primary N) is 1. The molecule has 0 saturated carbocycles. The van der Waals surface area contributed by atoms with Crippen molar-refractivity contribution in [1.82, 2.24) is 5.32 Å². The Morgan fingerprint density at radius 3 is 2.42 bits per heavy atom. The summed E-state index contributed by atoms with van der Waals surface area (Å²) >= 11 is 0. The predicted molar refractivity (Wildman–Crippen MR) is 102 cm³/mol. The quantitative estimate of drug-likeness (QED) is 0.704. The smallest absolute Gasteiger partial charge is 0.240 e. The lowest BCUT2D eigenvalue weighted by molar-refractivity contribution is -0.130. The van der Waals surface area contributed by atoms with Crippen LogP contribution >= 0.6 is 0 Å². The zero-order valence-electron chi connectivity index (χ0n) is 16.2. The summed E-state index contributed by atoms with van der Waals surface area (Å²) in [6, 6.07) is 5.64. The third-order valence-corrected chi connectivity index (χ3v) is 4.58. The molecule has 146 valence electrons. The third-order valence-electron chi connectivity index (χ3n) is 4.58. The van der Waals surface area contributed by atoms with Crippen LogP contribution in [-0.4, -0.2) is 37.9 Å². The van der Waals surface area contributed by atoms with Crippen molar-refractivity contribution in [1.29, 1.82) is 0 Å². The molecule has 1 aliphatic rings. The number of nitrogens with one attached hydrogen (secondary N) is 1. The minimum Gasteiger partial charge on any atom is -0.490 e. The van der Waals surface area contributed by atoms with Gasteiger partial charge in [0.05, 0.1) is 24.8 Å². The van der Waals surface area contributed by atoms with E-state index in [9.17, 15) is 4.79 Å². The normalized spacial score (nSPS) is 17.4. The molecule has 1 amide bonds. The molecule has 0 aliphatic carbocycles. The molecule has 1 atom stereocenters. The van der Waals surface area contributed by atoms with Gasteiger partial charge in [-0.15, -0.1) is 0 Å². The first-order valence-corrected chi connectivity index (χ1v) is 9.57. The van der Waals surface area contributed by atoms with E-state index in [4.69, 9.17) is 19.9 Å². The maximum Gasteiger partial charge on any atom is 0.240 e. The van der Waals surface area contributed by atoms with Crippen molar-refractivity contribution in [2.24, 2.45) is 5.73 Å². The fourth-order valence-electron chi connectivity index (χ4n) is 2.84. The highest BCUT2D eigenvalue weighted by molar-refractivity contribution is 5.86. The Hall–Kier alpha value is -1.79. The lowest BCUT2D eigenvalue weighted by Gasteiger charge is -2.33. The van der Waals surface area contributed by atoms with Crippen LogP contribution in [0.2, 0.25) is 0 Å². The van der Waals surface area contributed by atoms with Gasteiger partial charge in [0.2, 0.25) is 5.91 Å². The van der Waals surface area contributed by atoms with Gasteiger partial charge in [0.25, 0.3) is 0 Å². The van der Waals surface area contributed by atoms with E-state index >= 15 is 0 Å². The molecule has 0 radical (unpaired) electrons. The summed E-state index contributed by atoms with van der Waals surface area (Å²) in [6.45, 7) is 8.40. The van der Waals surface area contributed by atoms with E-state index in [1.54, 1.807) is 0 Å². The zero-order valence-corrected chi connectivity index (χ0v) is 16.2. The van der Waals surface area contributed by atoms with Gasteiger partial charge in [0, 0.05) is 13.2 Å². The van der Waals surface area contributed by atoms with E-state index in [2.05, 4.69) is 19.2 Å². The maximum atomic E-state index is 12.6. The number of hydrogen-bond donors (Lipinski definition) is 2. The van der Waals surface area contributed by atoms with Crippen LogP contribution in [-0.2, 0) is 9.53 Å². The monoisotopic (exact) mass is 364 g/mol. The van der Waals surface area contributed by atoms with E-state index in [1.165, 1.54) is 0 Å². The van der Waals surface area contributed by atoms with E-state index in [0.717, 1.165) is 24.2 Å². The fourth-order valence-corrected chi connectivity index (χ4v) is 2.84. The minimum absolute atomic E-state index is 0.129. The molecule has 0 spiro atoms. The van der Waals surface area contributed by atoms with Crippen LogP contribution in [0, 0.1) is 0 Å². The second-order valence-electron chi connectivity index (χ2n) is 6.87. The zero-order chi connectivity index (χ0) is 19.0. The third kappa shape index (κ3) is 5.35. The Balaban J connectivity index is 2.09. The van der Waals surface area contributed by atoms with Crippen molar-refractivity contribution in [3.8, 4) is 11.5 Å². The summed E-state index contributed by atoms with van der Waals surface area (Å²) in [5.41, 5.74) is 6.38. The predicted octanol–water partition coefficient (Wildman–Crippen LogP) is 2.95. The topological polar surface area (TPSA) is 82.8 Å². The molecular weight excluding hydrogens is 332 g/mol. The first-order valence-electron chi connectivity index (χ1n) is 9.57. The number of rotatable bonds is 9. The van der Waals surface area contributed by atoms with Gasteiger partial charge in [-0.1, -0.05) is 19.9 Å². The largest absolute Gasteiger partial charge is 0.490 e. The standard InChI is InChI=1S/C20H32N2O4/c1-4-10-25-17-7-6-16(14-18(17)26-11-5-2)15(3)22-19(23)20(21)8-12-24-13-9-20/h6-7,14-15H,4-5,8-13,21H2,1-3H3,(H,22,23). The first kappa shape index (κ1) is 20.5. The van der Waals surface area contributed by atoms with Gasteiger partial charge < -0.3 is 25.3 Å². The fraction of sp³-hybridized carbons (Fsp3) is 0.650. The highest BCUT2D eigenvalue weighted by Crippen LogP contribution is 2.31. The molecule has 0 bridgehead atoms. The highest BCUT2D eigenvalue weighted by atomic mass is 16.5. The number of benzene rings is 1. The van der Waals surface area contributed by atoms with E-state index in [-0.39, 0.29) is 11.9 Å². The van der Waals surface area contributed by atoms with E-state index in [0.29, 0.717) is 45.0 Å². The Morgan fingerprint density at radius 1 is 1.19 bits per heavy atom. The Bertz CT molecular complexity index is 585. The van der Waals surface area contributed by atoms with Gasteiger partial charge in [-0.05, 0) is 50.3 Å². The summed E-state index contributed by atoms with van der Waals surface area (Å²) in [5.74, 6) is 1.32. The van der Waals surface area contributed by atoms with Crippen molar-refractivity contribution in [2.75, 3.05) is 26.4 Å². The summed E-state index contributed by atoms with van der Waals surface area (Å²) in [4.78, 5) is 12.6. The van der Waals surface area contributed by atoms with Gasteiger partial charge in [-0.3, -0.25) is 4.79 Å². The molecule has 6 nitrogen and oxygen atoms in total. The molecule has 1 heterocycles. The molecule has 2 rings (SSSR count). The number of carbonyl (C=O) groups excluding carboxylic acids is 1. The molecule has 26 heavy (non-hydrogen) atoms. The highest BCUT2D eigenvalue weighted by Gasteiger charge is 2.36. The molecule has 1 aromatic rings. The SMILES string of the molecule is CCCOc1ccc(C(C)NC(=O)C2(N)CCOCC2)cc1OCCC. The molecule has 1 unspecified atom stereocenters. The van der Waals surface area contributed by atoms with Crippen molar-refractivity contribution >= 4 is 5.91 Å². The van der Waals surface area contributed by atoms with Crippen LogP contribution < -0.4 is 20.5 Å². The van der Waals surface area contributed by atoms with E-state index in [1.807, 2.05) is 25.1 Å². The van der Waals surface area contributed by atoms with Crippen molar-refractivity contribution < 1.29 is 19.0 Å². The van der Waals surface area contributed by atoms with Gasteiger partial charge in [0.15, 0.2) is 11.5 Å². The Morgan fingerprint density at radius 2 is 1.81 bits per heavy atom. The van der Waals surface area contributed by atoms with Crippen LogP contribution in [0.15, 0.2) is 18.2 Å². The van der Waals surface area contributed by atoms with Crippen molar-refractivity contribution in [3.63, 3.8) is 0 Å². The second-order valence-corrected chi connectivity index (χ2v) is 6.87. The number of ether oxygens (including phenoxy) is 3. The molecule has 1 saturated heterocycles. The maximum absolute atomic E-state index is 12.6. The molecule has 3 N–H and O–H groups in total. The average molecular weight is 364 g/mol. The van der Waals surface area contributed by atoms with E-state index < -0.39 is 5.54 Å². The van der Waals surface area contributed by atoms with Crippen LogP contribution in [0.5, 0.6) is 11.5 Å². The van der Waals surface area contributed by atoms with Crippen LogP contribution in [0.1, 0.15) is 58.1 Å². The van der Waals surface area contributed by atoms with Crippen molar-refractivity contribution in [2.45, 2.75) is 58.0 Å². The minimum atomic E-state index is -0.849. The van der Waals surface area contributed by atoms with Crippen LogP contribution in [0.3, 0.4) is 0 Å². The van der Waals surface area contributed by atoms with Crippen molar-refractivity contribution in [3.05, 3.63) is 23.8 Å². The molecule has 0 aromatic heterocycles. The number of carbonyl (C=O) groups is 1. The molecule has 1 aliphatic heterocycles. The molecular formula is C20H32N2O4. The van der Waals surface area contributed by atoms with Gasteiger partial charge in [-0.2, -0.15) is 0 Å². The molecule has 6 heteroatoms. The molecule has 1 fully saturated rings. The number of hydrogen-bond acceptors (Lipinski definition) is 5. The summed E-state index contributed by atoms with van der Waals surface area (Å²) < 4.78 is 16.9. The average Bonchev–Trinajstić information content (AvgIpc) is 2.65. The van der Waals surface area contributed by atoms with Gasteiger partial charge in [-0.25, -0.2) is 0 Å². The lowest BCUT2D eigenvalue weighted by Crippen LogP contribution is -2.57. The van der Waals surface area contributed by atoms with Gasteiger partial charge >= 0.3 is 0 Å². The summed E-state index contributed by atoms with van der Waals surface area (Å²) in [7, 11) is 0. The Labute approximate surface area is 156 Å². The molecule has 1 aromatic carbocycles. The Kier molecular flexibility index (Phi) is 7.72. The first-order chi connectivity index (χ1) is 12.5. The van der Waals surface area contributed by atoms with Crippen LogP contribution in [0.4, 0.5) is 0 Å². The lowest BCUT2D eigenvalue weighted by atomic mass is 9.90. The summed E-state index contributed by atoms with van der Waals surface area (Å²) in [5, 5.41) is 3.04. The van der Waals surface area contributed by atoms with Crippen LogP contribution in [0.25, 0.3) is 0 Å².